The van der Waals surface area contributed by atoms with Crippen molar-refractivity contribution in [3.63, 3.8) is 0 Å². The van der Waals surface area contributed by atoms with Crippen molar-refractivity contribution < 1.29 is 21.6 Å². The Hall–Kier alpha value is -3.32. The van der Waals surface area contributed by atoms with Crippen LogP contribution in [0, 0.1) is 0 Å². The number of sulfonamides is 1. The van der Waals surface area contributed by atoms with Crippen molar-refractivity contribution >= 4 is 58.1 Å². The van der Waals surface area contributed by atoms with Gasteiger partial charge in [0.15, 0.2) is 15.0 Å². The maximum absolute atomic E-state index is 13.6. The molecule has 0 aliphatic heterocycles. The van der Waals surface area contributed by atoms with Crippen molar-refractivity contribution in [1.82, 2.24) is 9.88 Å². The van der Waals surface area contributed by atoms with E-state index in [1.165, 1.54) is 57.9 Å². The molecule has 0 radical (unpaired) electrons. The number of hydrogen-bond acceptors (Lipinski definition) is 8. The molecule has 9 nitrogen and oxygen atoms in total. The second-order valence-corrected chi connectivity index (χ2v) is 14.0. The summed E-state index contributed by atoms with van der Waals surface area (Å²) in [7, 11) is -1.94. The van der Waals surface area contributed by atoms with E-state index in [1.807, 2.05) is 25.1 Å². The molecule has 0 aliphatic carbocycles. The number of benzene rings is 3. The fourth-order valence-electron chi connectivity index (χ4n) is 3.68. The van der Waals surface area contributed by atoms with Gasteiger partial charge in [-0.1, -0.05) is 29.5 Å². The zero-order valence-electron chi connectivity index (χ0n) is 21.4. The maximum atomic E-state index is 13.6. The third-order valence-electron chi connectivity index (χ3n) is 5.90. The summed E-state index contributed by atoms with van der Waals surface area (Å²) in [5, 5.41) is 0.429. The summed E-state index contributed by atoms with van der Waals surface area (Å²) >= 11 is 1.23. The number of amides is 1. The topological polar surface area (TPSA) is 108 Å². The SMILES string of the molecule is CN(C)CCN(C(=O)c1ccc(S(=O)(=O)N(C)c2ccccc2)cc1)c1nc2ccc(S(C)(=O)=O)cc2s1. The van der Waals surface area contributed by atoms with E-state index in [-0.39, 0.29) is 15.7 Å². The van der Waals surface area contributed by atoms with E-state index in [4.69, 9.17) is 0 Å². The first-order valence-electron chi connectivity index (χ1n) is 11.6. The average Bonchev–Trinajstić information content (AvgIpc) is 3.31. The highest BCUT2D eigenvalue weighted by molar-refractivity contribution is 7.92. The molecule has 4 rings (SSSR count). The largest absolute Gasteiger partial charge is 0.308 e. The van der Waals surface area contributed by atoms with Gasteiger partial charge >= 0.3 is 0 Å². The predicted molar refractivity (Wildman–Crippen MR) is 151 cm³/mol. The molecule has 12 heteroatoms. The smallest absolute Gasteiger partial charge is 0.264 e. The quantitative estimate of drug-likeness (QED) is 0.301. The van der Waals surface area contributed by atoms with Crippen molar-refractivity contribution in [3.05, 3.63) is 78.4 Å². The summed E-state index contributed by atoms with van der Waals surface area (Å²) in [6, 6.07) is 19.2. The van der Waals surface area contributed by atoms with E-state index in [0.29, 0.717) is 39.7 Å². The fraction of sp³-hybridized carbons (Fsp3) is 0.231. The van der Waals surface area contributed by atoms with E-state index in [9.17, 15) is 21.6 Å². The van der Waals surface area contributed by atoms with Crippen molar-refractivity contribution in [3.8, 4) is 0 Å². The molecule has 0 bridgehead atoms. The molecule has 0 aliphatic rings. The third-order valence-corrected chi connectivity index (χ3v) is 9.85. The van der Waals surface area contributed by atoms with E-state index >= 15 is 0 Å². The summed E-state index contributed by atoms with van der Waals surface area (Å²) in [4.78, 5) is 21.9. The zero-order valence-corrected chi connectivity index (χ0v) is 23.8. The molecule has 0 atom stereocenters. The molecular weight excluding hydrogens is 545 g/mol. The van der Waals surface area contributed by atoms with E-state index < -0.39 is 19.9 Å². The number of likely N-dealkylation sites (N-methyl/N-ethyl adjacent to an activating group) is 1. The minimum atomic E-state index is -3.82. The van der Waals surface area contributed by atoms with Crippen LogP contribution in [-0.2, 0) is 19.9 Å². The number of nitrogens with zero attached hydrogens (tertiary/aromatic N) is 4. The van der Waals surface area contributed by atoms with Gasteiger partial charge < -0.3 is 4.90 Å². The summed E-state index contributed by atoms with van der Waals surface area (Å²) in [6.45, 7) is 0.895. The number of para-hydroxylation sites is 1. The van der Waals surface area contributed by atoms with Gasteiger partial charge in [0.25, 0.3) is 15.9 Å². The lowest BCUT2D eigenvalue weighted by molar-refractivity contribution is 0.0985. The molecule has 0 N–H and O–H groups in total. The zero-order chi connectivity index (χ0) is 27.7. The lowest BCUT2D eigenvalue weighted by Gasteiger charge is -2.22. The molecule has 3 aromatic carbocycles. The summed E-state index contributed by atoms with van der Waals surface area (Å²) in [5.41, 5.74) is 1.42. The van der Waals surface area contributed by atoms with Gasteiger partial charge in [-0.25, -0.2) is 21.8 Å². The minimum Gasteiger partial charge on any atom is -0.308 e. The lowest BCUT2D eigenvalue weighted by atomic mass is 10.2. The van der Waals surface area contributed by atoms with Gasteiger partial charge in [-0.15, -0.1) is 0 Å². The average molecular weight is 573 g/mol. The second kappa shape index (κ2) is 10.8. The number of carbonyl (C=O) groups is 1. The molecule has 1 heterocycles. The molecule has 0 spiro atoms. The van der Waals surface area contributed by atoms with Crippen LogP contribution in [0.25, 0.3) is 10.2 Å². The van der Waals surface area contributed by atoms with E-state index in [2.05, 4.69) is 4.98 Å². The molecule has 38 heavy (non-hydrogen) atoms. The maximum Gasteiger partial charge on any atom is 0.264 e. The number of hydrogen-bond donors (Lipinski definition) is 0. The van der Waals surface area contributed by atoms with E-state index in [1.54, 1.807) is 36.4 Å². The van der Waals surface area contributed by atoms with Crippen molar-refractivity contribution in [2.75, 3.05) is 49.7 Å². The number of thiazole rings is 1. The van der Waals surface area contributed by atoms with Crippen LogP contribution in [0.2, 0.25) is 0 Å². The minimum absolute atomic E-state index is 0.0635. The van der Waals surface area contributed by atoms with Crippen molar-refractivity contribution in [2.45, 2.75) is 9.79 Å². The van der Waals surface area contributed by atoms with Crippen LogP contribution < -0.4 is 9.21 Å². The fourth-order valence-corrected chi connectivity index (χ4v) is 6.63. The Morgan fingerprint density at radius 1 is 0.842 bits per heavy atom. The Bertz CT molecular complexity index is 1670. The molecule has 0 saturated heterocycles. The van der Waals surface area contributed by atoms with Crippen LogP contribution >= 0.6 is 11.3 Å². The van der Waals surface area contributed by atoms with Gasteiger partial charge in [0.2, 0.25) is 0 Å². The van der Waals surface area contributed by atoms with E-state index in [0.717, 1.165) is 6.26 Å². The number of aromatic nitrogens is 1. The number of sulfone groups is 1. The number of rotatable bonds is 9. The Kier molecular flexibility index (Phi) is 7.88. The molecule has 1 aromatic heterocycles. The van der Waals surface area contributed by atoms with Crippen LogP contribution in [0.1, 0.15) is 10.4 Å². The third kappa shape index (κ3) is 5.88. The highest BCUT2D eigenvalue weighted by atomic mass is 32.2. The Morgan fingerprint density at radius 3 is 2.08 bits per heavy atom. The first-order chi connectivity index (χ1) is 17.9. The summed E-state index contributed by atoms with van der Waals surface area (Å²) in [5.74, 6) is -0.338. The summed E-state index contributed by atoms with van der Waals surface area (Å²) < 4.78 is 52.0. The van der Waals surface area contributed by atoms with Crippen LogP contribution in [0.3, 0.4) is 0 Å². The molecule has 200 valence electrons. The first-order valence-corrected chi connectivity index (χ1v) is 15.7. The standard InChI is InChI=1S/C26H28N4O5S3/c1-28(2)16-17-30(26-27-23-15-14-22(37(4,32)33)18-24(23)36-26)25(31)19-10-12-21(13-11-19)38(34,35)29(3)20-8-6-5-7-9-20/h5-15,18H,16-17H2,1-4H3. The molecule has 0 saturated carbocycles. The second-order valence-electron chi connectivity index (χ2n) is 8.99. The van der Waals surface area contributed by atoms with Crippen molar-refractivity contribution in [2.24, 2.45) is 0 Å². The number of carbonyl (C=O) groups excluding carboxylic acids is 1. The van der Waals surface area contributed by atoms with Gasteiger partial charge in [0.05, 0.1) is 25.7 Å². The van der Waals surface area contributed by atoms with Crippen LogP contribution in [0.5, 0.6) is 0 Å². The Labute approximate surface area is 226 Å². The van der Waals surface area contributed by atoms with Crippen LogP contribution in [0.4, 0.5) is 10.8 Å². The predicted octanol–water partition coefficient (Wildman–Crippen LogP) is 3.73. The monoisotopic (exact) mass is 572 g/mol. The van der Waals surface area contributed by atoms with Gasteiger partial charge in [0, 0.05) is 32.0 Å². The van der Waals surface area contributed by atoms with Gasteiger partial charge in [-0.2, -0.15) is 0 Å². The molecule has 0 unspecified atom stereocenters. The Morgan fingerprint density at radius 2 is 1.47 bits per heavy atom. The summed E-state index contributed by atoms with van der Waals surface area (Å²) in [6.07, 6.45) is 1.14. The molecule has 1 amide bonds. The molecular formula is C26H28N4O5S3. The van der Waals surface area contributed by atoms with Gasteiger partial charge in [-0.3, -0.25) is 14.0 Å². The van der Waals surface area contributed by atoms with Gasteiger partial charge in [-0.05, 0) is 68.7 Å². The molecule has 4 aromatic rings. The number of fused-ring (bicyclic) bond motifs is 1. The van der Waals surface area contributed by atoms with Crippen LogP contribution in [-0.4, -0.2) is 73.1 Å². The Balaban J connectivity index is 1.65. The van der Waals surface area contributed by atoms with Crippen molar-refractivity contribution in [1.29, 1.82) is 0 Å². The van der Waals surface area contributed by atoms with Gasteiger partial charge in [0.1, 0.15) is 0 Å². The number of anilines is 2. The lowest BCUT2D eigenvalue weighted by Crippen LogP contribution is -2.36. The van der Waals surface area contributed by atoms with Crippen LogP contribution in [0.15, 0.2) is 82.6 Å². The first kappa shape index (κ1) is 27.7. The highest BCUT2D eigenvalue weighted by Gasteiger charge is 2.25. The highest BCUT2D eigenvalue weighted by Crippen LogP contribution is 2.32. The normalized spacial score (nSPS) is 12.1. The molecule has 0 fully saturated rings.